The third-order valence-electron chi connectivity index (χ3n) is 2.08. The van der Waals surface area contributed by atoms with Crippen molar-refractivity contribution in [2.24, 2.45) is 0 Å². The number of esters is 1. The molecule has 0 saturated carbocycles. The van der Waals surface area contributed by atoms with E-state index in [-0.39, 0.29) is 6.42 Å². The van der Waals surface area contributed by atoms with Crippen molar-refractivity contribution in [3.05, 3.63) is 35.6 Å². The minimum absolute atomic E-state index is 0.0332. The highest BCUT2D eigenvalue weighted by Gasteiger charge is 2.29. The summed E-state index contributed by atoms with van der Waals surface area (Å²) < 4.78 is 4.31. The van der Waals surface area contributed by atoms with Gasteiger partial charge in [-0.2, -0.15) is 4.79 Å². The molecular formula is C11H11N3O3. The summed E-state index contributed by atoms with van der Waals surface area (Å²) in [6, 6.07) is 5.33. The molecule has 6 heteroatoms. The zero-order chi connectivity index (χ0) is 12.7. The van der Waals surface area contributed by atoms with E-state index in [9.17, 15) is 9.59 Å². The fraction of sp³-hybridized carbons (Fsp3) is 0.273. The Morgan fingerprint density at radius 3 is 2.76 bits per heavy atom. The molecule has 1 rings (SSSR count). The van der Waals surface area contributed by atoms with Crippen molar-refractivity contribution in [3.63, 3.8) is 0 Å². The Morgan fingerprint density at radius 2 is 2.24 bits per heavy atom. The maximum atomic E-state index is 11.5. The maximum Gasteiger partial charge on any atom is 0.441 e. The Hall–Kier alpha value is -2.33. The van der Waals surface area contributed by atoms with Crippen molar-refractivity contribution in [3.8, 4) is 0 Å². The number of ketones is 1. The van der Waals surface area contributed by atoms with Gasteiger partial charge in [0, 0.05) is 18.3 Å². The second kappa shape index (κ2) is 6.30. The lowest BCUT2D eigenvalue weighted by molar-refractivity contribution is -0.139. The van der Waals surface area contributed by atoms with Gasteiger partial charge >= 0.3 is 11.7 Å². The SMILES string of the molecule is COC(=O)C(=[N+]=[N-])C(=O)CCc1ccccn1. The largest absolute Gasteiger partial charge is 0.460 e. The molecule has 1 aromatic rings. The number of hydrogen-bond acceptors (Lipinski definition) is 4. The highest BCUT2D eigenvalue weighted by Crippen LogP contribution is 2.00. The number of nitrogens with zero attached hydrogens (tertiary/aromatic N) is 3. The first-order valence-electron chi connectivity index (χ1n) is 4.92. The first-order valence-corrected chi connectivity index (χ1v) is 4.92. The number of ether oxygens (including phenoxy) is 1. The third kappa shape index (κ3) is 3.62. The van der Waals surface area contributed by atoms with Gasteiger partial charge in [-0.1, -0.05) is 6.07 Å². The summed E-state index contributed by atoms with van der Waals surface area (Å²) in [6.45, 7) is 0. The zero-order valence-corrected chi connectivity index (χ0v) is 9.29. The second-order valence-electron chi connectivity index (χ2n) is 3.18. The molecule has 0 radical (unpaired) electrons. The smallest absolute Gasteiger partial charge is 0.441 e. The predicted molar refractivity (Wildman–Crippen MR) is 58.2 cm³/mol. The molecule has 0 fully saturated rings. The molecule has 17 heavy (non-hydrogen) atoms. The van der Waals surface area contributed by atoms with Gasteiger partial charge in [0.05, 0.1) is 7.11 Å². The topological polar surface area (TPSA) is 92.7 Å². The molecule has 0 saturated heterocycles. The fourth-order valence-corrected chi connectivity index (χ4v) is 1.21. The molecule has 0 aliphatic heterocycles. The van der Waals surface area contributed by atoms with Crippen LogP contribution in [0.2, 0.25) is 0 Å². The summed E-state index contributed by atoms with van der Waals surface area (Å²) in [5, 5.41) is 0. The van der Waals surface area contributed by atoms with Crippen LogP contribution >= 0.6 is 0 Å². The summed E-state index contributed by atoms with van der Waals surface area (Å²) in [6.07, 6.45) is 2.02. The molecule has 0 bridgehead atoms. The number of Topliss-reactive ketones (excluding diaryl/α,β-unsaturated/α-hetero) is 1. The van der Waals surface area contributed by atoms with E-state index in [1.165, 1.54) is 0 Å². The number of pyridine rings is 1. The fourth-order valence-electron chi connectivity index (χ4n) is 1.21. The van der Waals surface area contributed by atoms with Crippen molar-refractivity contribution < 1.29 is 19.1 Å². The number of carbonyl (C=O) groups excluding carboxylic acids is 2. The standard InChI is InChI=1S/C11H11N3O3/c1-17-11(16)10(14-12)9(15)6-5-8-4-2-3-7-13-8/h2-4,7H,5-6H2,1H3. The Balaban J connectivity index is 2.61. The van der Waals surface area contributed by atoms with Crippen LogP contribution in [0.25, 0.3) is 5.53 Å². The average molecular weight is 233 g/mol. The third-order valence-corrected chi connectivity index (χ3v) is 2.08. The molecule has 0 aliphatic rings. The molecule has 6 nitrogen and oxygen atoms in total. The van der Waals surface area contributed by atoms with Crippen LogP contribution in [0, 0.1) is 0 Å². The van der Waals surface area contributed by atoms with Crippen molar-refractivity contribution >= 4 is 17.5 Å². The van der Waals surface area contributed by atoms with Gasteiger partial charge < -0.3 is 10.3 Å². The minimum Gasteiger partial charge on any atom is -0.460 e. The summed E-state index contributed by atoms with van der Waals surface area (Å²) in [5.74, 6) is -1.52. The van der Waals surface area contributed by atoms with Crippen LogP contribution in [-0.4, -0.2) is 34.3 Å². The van der Waals surface area contributed by atoms with Gasteiger partial charge in [-0.3, -0.25) is 9.78 Å². The lowest BCUT2D eigenvalue weighted by atomic mass is 10.1. The molecule has 0 amide bonds. The van der Waals surface area contributed by atoms with Crippen LogP contribution in [0.3, 0.4) is 0 Å². The number of carbonyl (C=O) groups is 2. The first kappa shape index (κ1) is 12.7. The quantitative estimate of drug-likeness (QED) is 0.242. The number of rotatable bonds is 5. The highest BCUT2D eigenvalue weighted by atomic mass is 16.5. The number of methoxy groups -OCH3 is 1. The lowest BCUT2D eigenvalue weighted by Crippen LogP contribution is -2.26. The van der Waals surface area contributed by atoms with E-state index in [0.29, 0.717) is 6.42 Å². The van der Waals surface area contributed by atoms with E-state index < -0.39 is 17.5 Å². The molecule has 0 unspecified atom stereocenters. The maximum absolute atomic E-state index is 11.5. The van der Waals surface area contributed by atoms with Gasteiger partial charge in [-0.15, -0.1) is 0 Å². The Morgan fingerprint density at radius 1 is 1.47 bits per heavy atom. The van der Waals surface area contributed by atoms with Crippen LogP contribution < -0.4 is 0 Å². The molecule has 1 heterocycles. The van der Waals surface area contributed by atoms with Gasteiger partial charge in [-0.25, -0.2) is 4.79 Å². The van der Waals surface area contributed by atoms with Gasteiger partial charge in [-0.05, 0) is 18.6 Å². The summed E-state index contributed by atoms with van der Waals surface area (Å²) in [5.41, 5.74) is 8.68. The molecule has 0 aliphatic carbocycles. The molecule has 0 aromatic carbocycles. The van der Waals surface area contributed by atoms with Crippen LogP contribution in [0.5, 0.6) is 0 Å². The van der Waals surface area contributed by atoms with Crippen molar-refractivity contribution in [2.45, 2.75) is 12.8 Å². The molecular weight excluding hydrogens is 222 g/mol. The van der Waals surface area contributed by atoms with Crippen LogP contribution in [-0.2, 0) is 20.7 Å². The monoisotopic (exact) mass is 233 g/mol. The number of aromatic nitrogens is 1. The molecule has 0 atom stereocenters. The molecule has 88 valence electrons. The first-order chi connectivity index (χ1) is 8.19. The van der Waals surface area contributed by atoms with E-state index in [4.69, 9.17) is 5.53 Å². The van der Waals surface area contributed by atoms with Crippen molar-refractivity contribution in [1.29, 1.82) is 0 Å². The predicted octanol–water partition coefficient (Wildman–Crippen LogP) is 0.427. The van der Waals surface area contributed by atoms with E-state index in [0.717, 1.165) is 12.8 Å². The Bertz CT molecular complexity index is 464. The zero-order valence-electron chi connectivity index (χ0n) is 9.29. The summed E-state index contributed by atoms with van der Waals surface area (Å²) in [4.78, 5) is 29.2. The van der Waals surface area contributed by atoms with Crippen LogP contribution in [0.1, 0.15) is 12.1 Å². The van der Waals surface area contributed by atoms with Gasteiger partial charge in [0.1, 0.15) is 0 Å². The summed E-state index contributed by atoms with van der Waals surface area (Å²) >= 11 is 0. The second-order valence-corrected chi connectivity index (χ2v) is 3.18. The molecule has 1 aromatic heterocycles. The number of aryl methyl sites for hydroxylation is 1. The van der Waals surface area contributed by atoms with E-state index >= 15 is 0 Å². The van der Waals surface area contributed by atoms with E-state index in [1.54, 1.807) is 24.4 Å². The average Bonchev–Trinajstić information content (AvgIpc) is 2.38. The number of hydrogen-bond donors (Lipinski definition) is 0. The molecule has 0 N–H and O–H groups in total. The minimum atomic E-state index is -0.946. The van der Waals surface area contributed by atoms with Gasteiger partial charge in [0.25, 0.3) is 5.78 Å². The van der Waals surface area contributed by atoms with Crippen molar-refractivity contribution in [2.75, 3.05) is 7.11 Å². The highest BCUT2D eigenvalue weighted by molar-refractivity contribution is 6.62. The van der Waals surface area contributed by atoms with Crippen molar-refractivity contribution in [1.82, 2.24) is 4.98 Å². The molecule has 0 spiro atoms. The van der Waals surface area contributed by atoms with E-state index in [2.05, 4.69) is 14.5 Å². The Labute approximate surface area is 97.9 Å². The van der Waals surface area contributed by atoms with Gasteiger partial charge in [0.15, 0.2) is 0 Å². The van der Waals surface area contributed by atoms with Crippen LogP contribution in [0.4, 0.5) is 0 Å². The lowest BCUT2D eigenvalue weighted by Gasteiger charge is -1.97. The van der Waals surface area contributed by atoms with Gasteiger partial charge in [0.2, 0.25) is 0 Å². The summed E-state index contributed by atoms with van der Waals surface area (Å²) in [7, 11) is 1.11. The normalized spacial score (nSPS) is 9.24. The van der Waals surface area contributed by atoms with E-state index in [1.807, 2.05) is 0 Å². The van der Waals surface area contributed by atoms with Crippen LogP contribution in [0.15, 0.2) is 24.4 Å². The Kier molecular flexibility index (Phi) is 4.72.